The summed E-state index contributed by atoms with van der Waals surface area (Å²) < 4.78 is 1.82. The molecule has 3 rings (SSSR count). The van der Waals surface area contributed by atoms with Crippen LogP contribution in [0.25, 0.3) is 5.65 Å². The number of anilines is 1. The van der Waals surface area contributed by atoms with Crippen LogP contribution >= 0.6 is 0 Å². The number of aromatic amines is 1. The van der Waals surface area contributed by atoms with Gasteiger partial charge in [-0.05, 0) is 26.0 Å². The van der Waals surface area contributed by atoms with E-state index in [1.54, 1.807) is 12.4 Å². The summed E-state index contributed by atoms with van der Waals surface area (Å²) in [6.07, 6.45) is 3.53. The van der Waals surface area contributed by atoms with E-state index >= 15 is 0 Å². The number of hydrogen-bond donors (Lipinski definition) is 2. The van der Waals surface area contributed by atoms with Crippen molar-refractivity contribution in [2.75, 3.05) is 5.32 Å². The van der Waals surface area contributed by atoms with Crippen LogP contribution in [0.1, 0.15) is 24.5 Å². The van der Waals surface area contributed by atoms with Crippen LogP contribution in [0.4, 0.5) is 5.95 Å². The number of hydrogen-bond acceptors (Lipinski definition) is 4. The Hall–Kier alpha value is -2.37. The van der Waals surface area contributed by atoms with Gasteiger partial charge in [0.05, 0.1) is 6.04 Å². The molecule has 2 N–H and O–H groups in total. The second-order valence-electron chi connectivity index (χ2n) is 4.21. The molecule has 1 unspecified atom stereocenters. The van der Waals surface area contributed by atoms with Crippen molar-refractivity contribution >= 4 is 11.6 Å². The number of pyridine rings is 1. The molecule has 6 heteroatoms. The fraction of sp³-hybridized carbons (Fsp3) is 0.250. The lowest BCUT2D eigenvalue weighted by atomic mass is 10.3. The Kier molecular flexibility index (Phi) is 2.47. The summed E-state index contributed by atoms with van der Waals surface area (Å²) in [5, 5.41) is 7.64. The molecule has 0 saturated carbocycles. The summed E-state index contributed by atoms with van der Waals surface area (Å²) in [4.78, 5) is 11.7. The van der Waals surface area contributed by atoms with Crippen LogP contribution < -0.4 is 5.32 Å². The SMILES string of the molecule is Cc1cccc2nc(NC(C)c3ncc[nH]3)nn12. The van der Waals surface area contributed by atoms with Crippen LogP contribution in [0.3, 0.4) is 0 Å². The zero-order chi connectivity index (χ0) is 12.5. The molecule has 18 heavy (non-hydrogen) atoms. The van der Waals surface area contributed by atoms with Gasteiger partial charge in [-0.25, -0.2) is 9.50 Å². The Morgan fingerprint density at radius 2 is 2.28 bits per heavy atom. The lowest BCUT2D eigenvalue weighted by molar-refractivity contribution is 0.791. The zero-order valence-electron chi connectivity index (χ0n) is 10.3. The van der Waals surface area contributed by atoms with E-state index in [1.165, 1.54) is 0 Å². The fourth-order valence-corrected chi connectivity index (χ4v) is 1.87. The van der Waals surface area contributed by atoms with Gasteiger partial charge >= 0.3 is 0 Å². The lowest BCUT2D eigenvalue weighted by Gasteiger charge is -2.08. The summed E-state index contributed by atoms with van der Waals surface area (Å²) >= 11 is 0. The van der Waals surface area contributed by atoms with Crippen molar-refractivity contribution in [3.63, 3.8) is 0 Å². The van der Waals surface area contributed by atoms with Gasteiger partial charge in [0.25, 0.3) is 0 Å². The van der Waals surface area contributed by atoms with Crippen molar-refractivity contribution in [2.24, 2.45) is 0 Å². The third-order valence-electron chi connectivity index (χ3n) is 2.82. The normalized spacial score (nSPS) is 12.8. The van der Waals surface area contributed by atoms with E-state index in [9.17, 15) is 0 Å². The van der Waals surface area contributed by atoms with E-state index in [0.29, 0.717) is 5.95 Å². The molecule has 1 atom stereocenters. The molecule has 92 valence electrons. The lowest BCUT2D eigenvalue weighted by Crippen LogP contribution is -2.09. The Morgan fingerprint density at radius 3 is 3.00 bits per heavy atom. The van der Waals surface area contributed by atoms with Gasteiger partial charge in [-0.15, -0.1) is 5.10 Å². The first-order valence-electron chi connectivity index (χ1n) is 5.82. The minimum atomic E-state index is 0.0396. The summed E-state index contributed by atoms with van der Waals surface area (Å²) in [5.74, 6) is 1.47. The van der Waals surface area contributed by atoms with E-state index in [0.717, 1.165) is 17.2 Å². The molecule has 0 radical (unpaired) electrons. The van der Waals surface area contributed by atoms with Gasteiger partial charge in [-0.3, -0.25) is 0 Å². The smallest absolute Gasteiger partial charge is 0.243 e. The quantitative estimate of drug-likeness (QED) is 0.736. The number of nitrogens with one attached hydrogen (secondary N) is 2. The number of nitrogens with zero attached hydrogens (tertiary/aromatic N) is 4. The second kappa shape index (κ2) is 4.14. The molecule has 0 amide bonds. The van der Waals surface area contributed by atoms with Gasteiger partial charge in [-0.1, -0.05) is 6.07 Å². The Bertz CT molecular complexity index is 654. The van der Waals surface area contributed by atoms with Gasteiger partial charge in [-0.2, -0.15) is 4.98 Å². The fourth-order valence-electron chi connectivity index (χ4n) is 1.87. The predicted molar refractivity (Wildman–Crippen MR) is 68.3 cm³/mol. The third-order valence-corrected chi connectivity index (χ3v) is 2.82. The minimum Gasteiger partial charge on any atom is -0.347 e. The second-order valence-corrected chi connectivity index (χ2v) is 4.21. The largest absolute Gasteiger partial charge is 0.347 e. The highest BCUT2D eigenvalue weighted by Gasteiger charge is 2.11. The van der Waals surface area contributed by atoms with E-state index in [2.05, 4.69) is 25.4 Å². The van der Waals surface area contributed by atoms with E-state index in [1.807, 2.05) is 36.6 Å². The zero-order valence-corrected chi connectivity index (χ0v) is 10.3. The first-order valence-corrected chi connectivity index (χ1v) is 5.82. The highest BCUT2D eigenvalue weighted by Crippen LogP contribution is 2.14. The van der Waals surface area contributed by atoms with Crippen molar-refractivity contribution in [2.45, 2.75) is 19.9 Å². The molecular weight excluding hydrogens is 228 g/mol. The van der Waals surface area contributed by atoms with Crippen LogP contribution in [0.2, 0.25) is 0 Å². The van der Waals surface area contributed by atoms with Crippen LogP contribution in [0, 0.1) is 6.92 Å². The number of fused-ring (bicyclic) bond motifs is 1. The van der Waals surface area contributed by atoms with Gasteiger partial charge in [0.15, 0.2) is 5.65 Å². The minimum absolute atomic E-state index is 0.0396. The van der Waals surface area contributed by atoms with Gasteiger partial charge in [0.2, 0.25) is 5.95 Å². The maximum absolute atomic E-state index is 4.42. The standard InChI is InChI=1S/C12H14N6/c1-8-4-3-5-10-16-12(17-18(8)10)15-9(2)11-13-6-7-14-11/h3-7,9H,1-2H3,(H,13,14)(H,15,17). The summed E-state index contributed by atoms with van der Waals surface area (Å²) in [6.45, 7) is 4.01. The molecule has 0 bridgehead atoms. The van der Waals surface area contributed by atoms with Gasteiger partial charge in [0, 0.05) is 18.1 Å². The van der Waals surface area contributed by atoms with Crippen molar-refractivity contribution in [3.05, 3.63) is 42.1 Å². The van der Waals surface area contributed by atoms with E-state index in [4.69, 9.17) is 0 Å². The van der Waals surface area contributed by atoms with Crippen molar-refractivity contribution in [1.82, 2.24) is 24.6 Å². The Labute approximate surface area is 104 Å². The molecular formula is C12H14N6. The van der Waals surface area contributed by atoms with Crippen molar-refractivity contribution in [3.8, 4) is 0 Å². The Morgan fingerprint density at radius 1 is 1.39 bits per heavy atom. The van der Waals surface area contributed by atoms with E-state index in [-0.39, 0.29) is 6.04 Å². The van der Waals surface area contributed by atoms with Crippen LogP contribution in [-0.2, 0) is 0 Å². The van der Waals surface area contributed by atoms with Gasteiger partial charge in [0.1, 0.15) is 5.82 Å². The number of H-pyrrole nitrogens is 1. The van der Waals surface area contributed by atoms with Crippen LogP contribution in [0.15, 0.2) is 30.6 Å². The summed E-state index contributed by atoms with van der Waals surface area (Å²) in [6, 6.07) is 5.95. The average molecular weight is 242 g/mol. The van der Waals surface area contributed by atoms with Crippen molar-refractivity contribution in [1.29, 1.82) is 0 Å². The molecule has 0 aliphatic heterocycles. The number of imidazole rings is 1. The number of rotatable bonds is 3. The first kappa shape index (κ1) is 10.8. The highest BCUT2D eigenvalue weighted by molar-refractivity contribution is 5.44. The molecule has 3 heterocycles. The maximum atomic E-state index is 4.42. The monoisotopic (exact) mass is 242 g/mol. The van der Waals surface area contributed by atoms with Crippen LogP contribution in [0.5, 0.6) is 0 Å². The third kappa shape index (κ3) is 1.81. The molecule has 0 aromatic carbocycles. The first-order chi connectivity index (χ1) is 8.74. The van der Waals surface area contributed by atoms with Crippen LogP contribution in [-0.4, -0.2) is 24.6 Å². The maximum Gasteiger partial charge on any atom is 0.243 e. The summed E-state index contributed by atoms with van der Waals surface area (Å²) in [7, 11) is 0. The Balaban J connectivity index is 1.89. The highest BCUT2D eigenvalue weighted by atomic mass is 15.4. The molecule has 0 aliphatic carbocycles. The molecule has 0 fully saturated rings. The molecule has 0 aliphatic rings. The van der Waals surface area contributed by atoms with Gasteiger partial charge < -0.3 is 10.3 Å². The van der Waals surface area contributed by atoms with Crippen molar-refractivity contribution < 1.29 is 0 Å². The topological polar surface area (TPSA) is 70.9 Å². The number of aromatic nitrogens is 5. The molecule has 0 spiro atoms. The average Bonchev–Trinajstić information content (AvgIpc) is 2.97. The molecule has 6 nitrogen and oxygen atoms in total. The molecule has 3 aromatic rings. The summed E-state index contributed by atoms with van der Waals surface area (Å²) in [5.41, 5.74) is 1.89. The van der Waals surface area contributed by atoms with E-state index < -0.39 is 0 Å². The molecule has 3 aromatic heterocycles. The number of aryl methyl sites for hydroxylation is 1. The predicted octanol–water partition coefficient (Wildman–Crippen LogP) is 1.93. The molecule has 0 saturated heterocycles.